The van der Waals surface area contributed by atoms with Crippen molar-refractivity contribution < 1.29 is 67.2 Å². The summed E-state index contributed by atoms with van der Waals surface area (Å²) < 4.78 is 145. The third-order valence-corrected chi connectivity index (χ3v) is 4.39. The van der Waals surface area contributed by atoms with Crippen LogP contribution in [0, 0.1) is 0 Å². The molecule has 0 aromatic carbocycles. The van der Waals surface area contributed by atoms with Gasteiger partial charge in [0.15, 0.2) is 10.1 Å². The van der Waals surface area contributed by atoms with Crippen molar-refractivity contribution >= 4 is 22.0 Å². The molecule has 1 amide bonds. The Morgan fingerprint density at radius 1 is 1.06 bits per heavy atom. The second-order valence-corrected chi connectivity index (χ2v) is 7.31. The number of halogens is 8. The Balaban J connectivity index is 5.51. The third kappa shape index (κ3) is 6.86. The van der Waals surface area contributed by atoms with Crippen molar-refractivity contribution in [2.45, 2.75) is 42.4 Å². The average molecular weight is 506 g/mol. The number of amides is 1. The fraction of sp³-hybridized carbons (Fsp3) is 0.600. The van der Waals surface area contributed by atoms with E-state index >= 15 is 0 Å². The number of hydrogen-bond acceptors (Lipinski definition) is 7. The summed E-state index contributed by atoms with van der Waals surface area (Å²) in [5, 5.41) is -4.43. The largest absolute Gasteiger partial charge is 0.743 e. The number of unbranched alkanes of at least 4 members (excludes halogenated alkanes) is 1. The molecule has 0 aliphatic rings. The first-order valence-electron chi connectivity index (χ1n) is 8.15. The van der Waals surface area contributed by atoms with E-state index in [9.17, 15) is 57.7 Å². The molecule has 0 saturated carbocycles. The Morgan fingerprint density at radius 3 is 2.00 bits per heavy atom. The lowest BCUT2D eigenvalue weighted by Crippen LogP contribution is -2.61. The Kier molecular flexibility index (Phi) is 9.81. The van der Waals surface area contributed by atoms with Crippen LogP contribution in [0.4, 0.5) is 35.1 Å². The zero-order chi connectivity index (χ0) is 25.6. The average Bonchev–Trinajstić information content (AvgIpc) is 2.62. The second-order valence-electron chi connectivity index (χ2n) is 5.89. The zero-order valence-electron chi connectivity index (χ0n) is 15.8. The minimum Gasteiger partial charge on any atom is -0.743 e. The van der Waals surface area contributed by atoms with Gasteiger partial charge in [-0.1, -0.05) is 12.7 Å². The van der Waals surface area contributed by atoms with Crippen molar-refractivity contribution in [2.75, 3.05) is 13.2 Å². The predicted octanol–water partition coefficient (Wildman–Crippen LogP) is 2.53. The quantitative estimate of drug-likeness (QED) is 0.0775. The minimum absolute atomic E-state index is 0.612. The van der Waals surface area contributed by atoms with Gasteiger partial charge < -0.3 is 19.3 Å². The third-order valence-electron chi connectivity index (χ3n) is 3.47. The fourth-order valence-electron chi connectivity index (χ4n) is 1.87. The van der Waals surface area contributed by atoms with E-state index in [2.05, 4.69) is 22.6 Å². The van der Waals surface area contributed by atoms with E-state index in [1.807, 2.05) is 0 Å². The van der Waals surface area contributed by atoms with Crippen LogP contribution in [-0.4, -0.2) is 61.1 Å². The summed E-state index contributed by atoms with van der Waals surface area (Å²) in [5.74, 6) is -16.4. The van der Waals surface area contributed by atoms with Gasteiger partial charge in [-0.2, -0.15) is 35.1 Å². The molecule has 1 atom stereocenters. The number of hydrogen-bond donors (Lipinski definition) is 1. The van der Waals surface area contributed by atoms with Crippen molar-refractivity contribution in [2.24, 2.45) is 0 Å². The molecule has 0 spiro atoms. The molecule has 0 aromatic rings. The van der Waals surface area contributed by atoms with Crippen LogP contribution in [-0.2, 0) is 29.2 Å². The molecule has 186 valence electrons. The maximum atomic E-state index is 13.5. The molecule has 8 nitrogen and oxygen atoms in total. The molecule has 32 heavy (non-hydrogen) atoms. The van der Waals surface area contributed by atoms with E-state index in [1.54, 1.807) is 5.32 Å². The zero-order valence-corrected chi connectivity index (χ0v) is 16.6. The van der Waals surface area contributed by atoms with Crippen molar-refractivity contribution in [1.82, 2.24) is 5.32 Å². The van der Waals surface area contributed by atoms with Gasteiger partial charge >= 0.3 is 35.0 Å². The summed E-state index contributed by atoms with van der Waals surface area (Å²) in [6.45, 7) is 3.52. The van der Waals surface area contributed by atoms with Gasteiger partial charge in [0, 0.05) is 13.0 Å². The summed E-state index contributed by atoms with van der Waals surface area (Å²) in [6.07, 6.45) is -9.01. The van der Waals surface area contributed by atoms with Crippen molar-refractivity contribution in [3.8, 4) is 0 Å². The number of carbonyl (C=O) groups excluding carboxylic acids is 2. The molecule has 0 rings (SSSR count). The molecule has 0 aromatic heterocycles. The van der Waals surface area contributed by atoms with Crippen molar-refractivity contribution in [3.05, 3.63) is 25.1 Å². The molecular formula is C15H16F8NO7S-. The summed E-state index contributed by atoms with van der Waals surface area (Å²) >= 11 is 0. The first-order chi connectivity index (χ1) is 14.3. The number of esters is 1. The Labute approximate surface area is 176 Å². The van der Waals surface area contributed by atoms with Gasteiger partial charge in [0.2, 0.25) is 5.83 Å². The van der Waals surface area contributed by atoms with Gasteiger partial charge in [-0.05, 0) is 12.8 Å². The Hall–Kier alpha value is -2.27. The number of rotatable bonds is 13. The smallest absolute Gasteiger partial charge is 0.466 e. The van der Waals surface area contributed by atoms with Crippen LogP contribution in [0.1, 0.15) is 19.3 Å². The Bertz CT molecular complexity index is 828. The van der Waals surface area contributed by atoms with Gasteiger partial charge in [0.1, 0.15) is 0 Å². The Morgan fingerprint density at radius 2 is 1.59 bits per heavy atom. The van der Waals surface area contributed by atoms with E-state index < -0.39 is 83.4 Å². The van der Waals surface area contributed by atoms with E-state index in [0.29, 0.717) is 0 Å². The van der Waals surface area contributed by atoms with E-state index in [0.717, 1.165) is 6.08 Å². The maximum absolute atomic E-state index is 13.5. The highest BCUT2D eigenvalue weighted by Crippen LogP contribution is 2.42. The molecule has 1 N–H and O–H groups in total. The normalized spacial score (nSPS) is 14.9. The maximum Gasteiger partial charge on any atom is 0.466 e. The summed E-state index contributed by atoms with van der Waals surface area (Å²) in [6, 6.07) is 0. The molecule has 0 radical (unpaired) electrons. The number of nitrogens with one attached hydrogen (secondary N) is 1. The predicted molar refractivity (Wildman–Crippen MR) is 87.7 cm³/mol. The lowest BCUT2D eigenvalue weighted by molar-refractivity contribution is -0.347. The van der Waals surface area contributed by atoms with Crippen LogP contribution < -0.4 is 5.32 Å². The summed E-state index contributed by atoms with van der Waals surface area (Å²) in [5.41, 5.74) is 0. The highest BCUT2D eigenvalue weighted by Gasteiger charge is 2.66. The molecule has 0 aliphatic heterocycles. The van der Waals surface area contributed by atoms with Crippen LogP contribution in [0.5, 0.6) is 0 Å². The molecule has 0 saturated heterocycles. The summed E-state index contributed by atoms with van der Waals surface area (Å²) in [4.78, 5) is 23.2. The molecular weight excluding hydrogens is 490 g/mol. The first kappa shape index (κ1) is 29.7. The molecule has 0 fully saturated rings. The van der Waals surface area contributed by atoms with Crippen molar-refractivity contribution in [1.29, 1.82) is 0 Å². The topological polar surface area (TPSA) is 122 Å². The molecule has 17 heteroatoms. The summed E-state index contributed by atoms with van der Waals surface area (Å²) in [7, 11) is -6.76. The van der Waals surface area contributed by atoms with E-state index in [-0.39, 0.29) is 0 Å². The van der Waals surface area contributed by atoms with Gasteiger partial charge in [0.05, 0.1) is 6.61 Å². The highest BCUT2D eigenvalue weighted by molar-refractivity contribution is 7.86. The van der Waals surface area contributed by atoms with Crippen LogP contribution in [0.3, 0.4) is 0 Å². The molecule has 1 unspecified atom stereocenters. The molecule has 0 heterocycles. The lowest BCUT2D eigenvalue weighted by Gasteiger charge is -2.33. The standard InChI is InChI=1S/C15H17F8NO7S/c1-3-7-24-11(26)13(14(19,20)21,31-10(25)9(2)16)30-8-5-4-6-12(17,18)15(22,23)32(27,28)29/h3H,1-2,4-8H2,(H,24,26)(H,27,28,29)/p-1. The van der Waals surface area contributed by atoms with Crippen LogP contribution in [0.25, 0.3) is 0 Å². The van der Waals surface area contributed by atoms with Gasteiger partial charge in [0.25, 0.3) is 0 Å². The number of alkyl halides is 7. The first-order valence-corrected chi connectivity index (χ1v) is 9.56. The van der Waals surface area contributed by atoms with Crippen molar-refractivity contribution in [3.63, 3.8) is 0 Å². The minimum atomic E-state index is -6.76. The monoisotopic (exact) mass is 506 g/mol. The fourth-order valence-corrected chi connectivity index (χ4v) is 2.34. The highest BCUT2D eigenvalue weighted by atomic mass is 32.2. The molecule has 0 aliphatic carbocycles. The van der Waals surface area contributed by atoms with Gasteiger partial charge in [-0.15, -0.1) is 6.58 Å². The van der Waals surface area contributed by atoms with Crippen LogP contribution >= 0.6 is 0 Å². The second kappa shape index (κ2) is 10.6. The molecule has 0 bridgehead atoms. The number of carbonyl (C=O) groups is 2. The van der Waals surface area contributed by atoms with Crippen LogP contribution in [0.2, 0.25) is 0 Å². The van der Waals surface area contributed by atoms with E-state index in [4.69, 9.17) is 0 Å². The number of ether oxygens (including phenoxy) is 2. The lowest BCUT2D eigenvalue weighted by atomic mass is 10.1. The SMILES string of the molecule is C=CCNC(=O)C(OCCCCC(F)(F)C(F)(F)S(=O)(=O)[O-])(OC(=O)C(=C)F)C(F)(F)F. The van der Waals surface area contributed by atoms with Gasteiger partial charge in [-0.3, -0.25) is 4.79 Å². The van der Waals surface area contributed by atoms with Gasteiger partial charge in [-0.25, -0.2) is 13.2 Å². The van der Waals surface area contributed by atoms with Crippen LogP contribution in [0.15, 0.2) is 25.1 Å². The van der Waals surface area contributed by atoms with E-state index in [1.165, 1.54) is 0 Å².